The molecule has 0 heterocycles. The molecule has 1 aromatic carbocycles. The van der Waals surface area contributed by atoms with Gasteiger partial charge in [0.25, 0.3) is 0 Å². The van der Waals surface area contributed by atoms with Gasteiger partial charge in [-0.1, -0.05) is 25.1 Å². The molecular formula is C15H26N2O3S. The van der Waals surface area contributed by atoms with Crippen LogP contribution in [0, 0.1) is 0 Å². The molecule has 0 saturated carbocycles. The molecule has 0 radical (unpaired) electrons. The second-order valence-corrected chi connectivity index (χ2v) is 6.77. The van der Waals surface area contributed by atoms with Crippen LogP contribution in [0.5, 0.6) is 0 Å². The number of benzene rings is 1. The summed E-state index contributed by atoms with van der Waals surface area (Å²) in [7, 11) is -1.90. The number of rotatable bonds is 10. The van der Waals surface area contributed by atoms with Crippen LogP contribution in [-0.2, 0) is 21.3 Å². The molecule has 5 nitrogen and oxygen atoms in total. The van der Waals surface area contributed by atoms with Gasteiger partial charge in [0.15, 0.2) is 0 Å². The van der Waals surface area contributed by atoms with Crippen LogP contribution in [-0.4, -0.2) is 34.7 Å². The van der Waals surface area contributed by atoms with E-state index in [0.29, 0.717) is 24.5 Å². The molecule has 1 atom stereocenters. The third-order valence-electron chi connectivity index (χ3n) is 3.12. The quantitative estimate of drug-likeness (QED) is 0.647. The maximum atomic E-state index is 12.5. The minimum atomic E-state index is -3.50. The second kappa shape index (κ2) is 9.15. The van der Waals surface area contributed by atoms with Gasteiger partial charge in [-0.3, -0.25) is 0 Å². The van der Waals surface area contributed by atoms with Crippen LogP contribution in [0.1, 0.15) is 32.3 Å². The van der Waals surface area contributed by atoms with E-state index in [2.05, 4.69) is 17.0 Å². The minimum Gasteiger partial charge on any atom is -0.385 e. The van der Waals surface area contributed by atoms with Crippen molar-refractivity contribution in [1.82, 2.24) is 10.0 Å². The minimum absolute atomic E-state index is 0.161. The van der Waals surface area contributed by atoms with Crippen molar-refractivity contribution in [3.05, 3.63) is 29.8 Å². The maximum absolute atomic E-state index is 12.5. The standard InChI is InChI=1S/C15H26N2O3S/c1-4-10-16-12-14-7-5-6-8-15(14)21(18,19)17-13(2)9-11-20-3/h5-8,13,16-17H,4,9-12H2,1-3H3. The second-order valence-electron chi connectivity index (χ2n) is 5.09. The van der Waals surface area contributed by atoms with E-state index in [9.17, 15) is 8.42 Å². The van der Waals surface area contributed by atoms with Gasteiger partial charge in [-0.2, -0.15) is 0 Å². The number of nitrogens with one attached hydrogen (secondary N) is 2. The highest BCUT2D eigenvalue weighted by atomic mass is 32.2. The highest BCUT2D eigenvalue weighted by Gasteiger charge is 2.20. The van der Waals surface area contributed by atoms with E-state index in [-0.39, 0.29) is 6.04 Å². The van der Waals surface area contributed by atoms with Crippen molar-refractivity contribution in [2.24, 2.45) is 0 Å². The number of hydrogen-bond acceptors (Lipinski definition) is 4. The van der Waals surface area contributed by atoms with Gasteiger partial charge in [-0.05, 0) is 37.9 Å². The molecule has 21 heavy (non-hydrogen) atoms. The first-order valence-corrected chi connectivity index (χ1v) is 8.79. The van der Waals surface area contributed by atoms with Gasteiger partial charge in [0.05, 0.1) is 4.90 Å². The van der Waals surface area contributed by atoms with Crippen LogP contribution in [0.15, 0.2) is 29.2 Å². The van der Waals surface area contributed by atoms with E-state index in [0.717, 1.165) is 18.5 Å². The van der Waals surface area contributed by atoms with E-state index in [1.54, 1.807) is 19.2 Å². The van der Waals surface area contributed by atoms with Crippen molar-refractivity contribution in [3.8, 4) is 0 Å². The Bertz CT molecular complexity index is 517. The highest BCUT2D eigenvalue weighted by molar-refractivity contribution is 7.89. The molecule has 2 N–H and O–H groups in total. The Labute approximate surface area is 128 Å². The molecule has 0 fully saturated rings. The van der Waals surface area contributed by atoms with Crippen LogP contribution in [0.3, 0.4) is 0 Å². The fourth-order valence-corrected chi connectivity index (χ4v) is 3.51. The number of methoxy groups -OCH3 is 1. The Kier molecular flexibility index (Phi) is 7.88. The summed E-state index contributed by atoms with van der Waals surface area (Å²) < 4.78 is 32.6. The van der Waals surface area contributed by atoms with E-state index in [4.69, 9.17) is 4.74 Å². The first-order chi connectivity index (χ1) is 10.0. The average Bonchev–Trinajstić information content (AvgIpc) is 2.45. The summed E-state index contributed by atoms with van der Waals surface area (Å²) in [6.45, 7) is 5.87. The third-order valence-corrected chi connectivity index (χ3v) is 4.81. The zero-order valence-corrected chi connectivity index (χ0v) is 13.9. The molecule has 0 aliphatic rings. The third kappa shape index (κ3) is 6.13. The van der Waals surface area contributed by atoms with Crippen molar-refractivity contribution in [2.45, 2.75) is 44.2 Å². The fourth-order valence-electron chi connectivity index (χ4n) is 1.99. The first-order valence-electron chi connectivity index (χ1n) is 7.31. The molecule has 1 rings (SSSR count). The first kappa shape index (κ1) is 18.1. The highest BCUT2D eigenvalue weighted by Crippen LogP contribution is 2.16. The molecule has 1 unspecified atom stereocenters. The number of hydrogen-bond donors (Lipinski definition) is 2. The number of sulfonamides is 1. The van der Waals surface area contributed by atoms with Crippen molar-refractivity contribution in [1.29, 1.82) is 0 Å². The van der Waals surface area contributed by atoms with Crippen LogP contribution >= 0.6 is 0 Å². The predicted octanol–water partition coefficient (Wildman–Crippen LogP) is 1.89. The summed E-state index contributed by atoms with van der Waals surface area (Å²) >= 11 is 0. The SMILES string of the molecule is CCCNCc1ccccc1S(=O)(=O)NC(C)CCOC. The van der Waals surface area contributed by atoms with Gasteiger partial charge in [0.2, 0.25) is 10.0 Å². The summed E-state index contributed by atoms with van der Waals surface area (Å²) in [5, 5.41) is 3.24. The zero-order chi connectivity index (χ0) is 15.7. The van der Waals surface area contributed by atoms with Crippen molar-refractivity contribution < 1.29 is 13.2 Å². The zero-order valence-electron chi connectivity index (χ0n) is 13.1. The summed E-state index contributed by atoms with van der Waals surface area (Å²) in [5.41, 5.74) is 0.789. The molecule has 0 saturated heterocycles. The smallest absolute Gasteiger partial charge is 0.241 e. The van der Waals surface area contributed by atoms with Gasteiger partial charge < -0.3 is 10.1 Å². The largest absolute Gasteiger partial charge is 0.385 e. The van der Waals surface area contributed by atoms with Crippen LogP contribution < -0.4 is 10.0 Å². The fraction of sp³-hybridized carbons (Fsp3) is 0.600. The van der Waals surface area contributed by atoms with Gasteiger partial charge in [0, 0.05) is 26.3 Å². The topological polar surface area (TPSA) is 67.4 Å². The van der Waals surface area contributed by atoms with Gasteiger partial charge >= 0.3 is 0 Å². The Morgan fingerprint density at radius 1 is 1.29 bits per heavy atom. The molecule has 0 bridgehead atoms. The lowest BCUT2D eigenvalue weighted by molar-refractivity contribution is 0.188. The normalized spacial score (nSPS) is 13.3. The Morgan fingerprint density at radius 2 is 2.00 bits per heavy atom. The molecule has 0 amide bonds. The lowest BCUT2D eigenvalue weighted by Gasteiger charge is -2.16. The van der Waals surface area contributed by atoms with Gasteiger partial charge in [-0.15, -0.1) is 0 Å². The molecule has 0 aliphatic heterocycles. The molecular weight excluding hydrogens is 288 g/mol. The summed E-state index contributed by atoms with van der Waals surface area (Å²) in [6, 6.07) is 6.94. The van der Waals surface area contributed by atoms with Gasteiger partial charge in [0.1, 0.15) is 0 Å². The Balaban J connectivity index is 2.82. The number of ether oxygens (including phenoxy) is 1. The summed E-state index contributed by atoms with van der Waals surface area (Å²) in [5.74, 6) is 0. The molecule has 6 heteroatoms. The lowest BCUT2D eigenvalue weighted by atomic mass is 10.2. The van der Waals surface area contributed by atoms with Crippen molar-refractivity contribution in [2.75, 3.05) is 20.3 Å². The van der Waals surface area contributed by atoms with Crippen molar-refractivity contribution >= 4 is 10.0 Å². The van der Waals surface area contributed by atoms with Crippen LogP contribution in [0.4, 0.5) is 0 Å². The molecule has 120 valence electrons. The average molecular weight is 314 g/mol. The lowest BCUT2D eigenvalue weighted by Crippen LogP contribution is -2.34. The van der Waals surface area contributed by atoms with Crippen molar-refractivity contribution in [3.63, 3.8) is 0 Å². The molecule has 0 aromatic heterocycles. The predicted molar refractivity (Wildman–Crippen MR) is 84.7 cm³/mol. The molecule has 0 spiro atoms. The summed E-state index contributed by atoms with van der Waals surface area (Å²) in [6.07, 6.45) is 1.66. The van der Waals surface area contributed by atoms with Crippen LogP contribution in [0.25, 0.3) is 0 Å². The maximum Gasteiger partial charge on any atom is 0.241 e. The van der Waals surface area contributed by atoms with E-state index in [1.807, 2.05) is 19.1 Å². The molecule has 0 aliphatic carbocycles. The Hall–Kier alpha value is -0.950. The van der Waals surface area contributed by atoms with E-state index < -0.39 is 10.0 Å². The van der Waals surface area contributed by atoms with E-state index in [1.165, 1.54) is 0 Å². The van der Waals surface area contributed by atoms with Gasteiger partial charge in [-0.25, -0.2) is 13.1 Å². The van der Waals surface area contributed by atoms with Crippen LogP contribution in [0.2, 0.25) is 0 Å². The Morgan fingerprint density at radius 3 is 2.67 bits per heavy atom. The summed E-state index contributed by atoms with van der Waals surface area (Å²) in [4.78, 5) is 0.345. The molecule has 1 aromatic rings. The monoisotopic (exact) mass is 314 g/mol. The van der Waals surface area contributed by atoms with E-state index >= 15 is 0 Å².